The van der Waals surface area contributed by atoms with Gasteiger partial charge < -0.3 is 0 Å². The van der Waals surface area contributed by atoms with Gasteiger partial charge in [-0.15, -0.1) is 11.3 Å². The highest BCUT2D eigenvalue weighted by Gasteiger charge is 2.22. The van der Waals surface area contributed by atoms with Gasteiger partial charge in [-0.25, -0.2) is 15.0 Å². The van der Waals surface area contributed by atoms with Crippen molar-refractivity contribution < 1.29 is 0 Å². The van der Waals surface area contributed by atoms with E-state index in [-0.39, 0.29) is 0 Å². The number of fused-ring (bicyclic) bond motifs is 6. The van der Waals surface area contributed by atoms with E-state index in [4.69, 9.17) is 24.9 Å². The quantitative estimate of drug-likeness (QED) is 0.170. The van der Waals surface area contributed by atoms with Crippen LogP contribution in [0.1, 0.15) is 0 Å². The molecule has 0 radical (unpaired) electrons. The van der Waals surface area contributed by atoms with E-state index in [0.717, 1.165) is 81.2 Å². The lowest BCUT2D eigenvalue weighted by Gasteiger charge is -2.11. The predicted molar refractivity (Wildman–Crippen MR) is 230 cm³/mol. The molecule has 56 heavy (non-hydrogen) atoms. The number of thiophene rings is 1. The second kappa shape index (κ2) is 13.2. The summed E-state index contributed by atoms with van der Waals surface area (Å²) >= 11 is 1.74. The van der Waals surface area contributed by atoms with E-state index in [1.807, 2.05) is 60.7 Å². The SMILES string of the molecule is c1ccc(-c2ccc(-c3nc(-c4ccccc4)nc(-n4c5ccccc5c5cc6sc7c(-c8ccccc8)nc(-c8ccccc8)nc7c6cc54)n3)cc2)cc1. The summed E-state index contributed by atoms with van der Waals surface area (Å²) in [7, 11) is 0. The van der Waals surface area contributed by atoms with Crippen molar-refractivity contribution in [3.63, 3.8) is 0 Å². The molecule has 0 aliphatic rings. The van der Waals surface area contributed by atoms with E-state index in [1.165, 1.54) is 0 Å². The van der Waals surface area contributed by atoms with Crippen LogP contribution in [0.15, 0.2) is 182 Å². The van der Waals surface area contributed by atoms with Gasteiger partial charge in [-0.1, -0.05) is 164 Å². The Morgan fingerprint density at radius 2 is 0.857 bits per heavy atom. The molecule has 11 aromatic rings. The second-order valence-corrected chi connectivity index (χ2v) is 14.8. The molecular weight excluding hydrogens is 705 g/mol. The van der Waals surface area contributed by atoms with Crippen LogP contribution in [0.25, 0.3) is 105 Å². The zero-order valence-corrected chi connectivity index (χ0v) is 30.7. The van der Waals surface area contributed by atoms with Crippen molar-refractivity contribution >= 4 is 53.4 Å². The van der Waals surface area contributed by atoms with Crippen molar-refractivity contribution in [3.8, 4) is 62.5 Å². The number of hydrogen-bond donors (Lipinski definition) is 0. The standard InChI is InChI=1S/C49H30N6S/c1-5-15-31(16-6-1)32-25-27-36(28-26-32)48-52-47(35-21-11-4-12-22-35)53-49(54-48)55-40-24-14-13-23-37(40)38-30-42-39(29-41(38)55)44-45(56-42)43(33-17-7-2-8-18-33)50-46(51-44)34-19-9-3-10-20-34/h1-30H. The maximum absolute atomic E-state index is 5.27. The maximum Gasteiger partial charge on any atom is 0.238 e. The molecule has 7 heteroatoms. The summed E-state index contributed by atoms with van der Waals surface area (Å²) in [4.78, 5) is 25.9. The van der Waals surface area contributed by atoms with Crippen LogP contribution in [0.4, 0.5) is 0 Å². The number of para-hydroxylation sites is 1. The number of benzene rings is 7. The van der Waals surface area contributed by atoms with Gasteiger partial charge in [0, 0.05) is 43.1 Å². The first-order chi connectivity index (χ1) is 27.7. The lowest BCUT2D eigenvalue weighted by Crippen LogP contribution is -2.06. The Morgan fingerprint density at radius 3 is 1.50 bits per heavy atom. The zero-order chi connectivity index (χ0) is 37.0. The third-order valence-electron chi connectivity index (χ3n) is 10.3. The molecule has 4 heterocycles. The van der Waals surface area contributed by atoms with Gasteiger partial charge >= 0.3 is 0 Å². The van der Waals surface area contributed by atoms with E-state index < -0.39 is 0 Å². The Morgan fingerprint density at radius 1 is 0.357 bits per heavy atom. The first-order valence-corrected chi connectivity index (χ1v) is 19.3. The average molecular weight is 735 g/mol. The van der Waals surface area contributed by atoms with Crippen molar-refractivity contribution in [2.45, 2.75) is 0 Å². The highest BCUT2D eigenvalue weighted by Crippen LogP contribution is 2.43. The summed E-state index contributed by atoms with van der Waals surface area (Å²) < 4.78 is 4.38. The Labute approximate surface area is 326 Å². The number of nitrogens with zero attached hydrogens (tertiary/aromatic N) is 6. The van der Waals surface area contributed by atoms with Crippen molar-refractivity contribution in [2.24, 2.45) is 0 Å². The lowest BCUT2D eigenvalue weighted by atomic mass is 10.0. The Balaban J connectivity index is 1.17. The van der Waals surface area contributed by atoms with Crippen LogP contribution in [0.3, 0.4) is 0 Å². The number of aromatic nitrogens is 6. The lowest BCUT2D eigenvalue weighted by molar-refractivity contribution is 0.954. The van der Waals surface area contributed by atoms with Gasteiger partial charge in [-0.2, -0.15) is 9.97 Å². The van der Waals surface area contributed by atoms with E-state index >= 15 is 0 Å². The summed E-state index contributed by atoms with van der Waals surface area (Å²) in [6, 6.07) is 62.6. The molecule has 0 bridgehead atoms. The second-order valence-electron chi connectivity index (χ2n) is 13.7. The molecule has 262 valence electrons. The minimum Gasteiger partial charge on any atom is -0.278 e. The minimum absolute atomic E-state index is 0.552. The van der Waals surface area contributed by atoms with Gasteiger partial charge in [0.05, 0.1) is 26.9 Å². The van der Waals surface area contributed by atoms with Gasteiger partial charge in [-0.3, -0.25) is 4.57 Å². The molecule has 6 nitrogen and oxygen atoms in total. The monoisotopic (exact) mass is 734 g/mol. The fraction of sp³-hybridized carbons (Fsp3) is 0. The third-order valence-corrected chi connectivity index (χ3v) is 11.4. The van der Waals surface area contributed by atoms with Crippen molar-refractivity contribution in [2.75, 3.05) is 0 Å². The van der Waals surface area contributed by atoms with Crippen molar-refractivity contribution in [3.05, 3.63) is 182 Å². The number of hydrogen-bond acceptors (Lipinski definition) is 6. The first kappa shape index (κ1) is 32.1. The summed E-state index contributed by atoms with van der Waals surface area (Å²) in [6.45, 7) is 0. The molecule has 11 rings (SSSR count). The van der Waals surface area contributed by atoms with E-state index in [2.05, 4.69) is 126 Å². The van der Waals surface area contributed by atoms with Crippen LogP contribution in [0.5, 0.6) is 0 Å². The smallest absolute Gasteiger partial charge is 0.238 e. The third kappa shape index (κ3) is 5.44. The van der Waals surface area contributed by atoms with Crippen LogP contribution in [0.2, 0.25) is 0 Å². The summed E-state index contributed by atoms with van der Waals surface area (Å²) in [6.07, 6.45) is 0. The molecule has 0 spiro atoms. The molecule has 0 aliphatic heterocycles. The highest BCUT2D eigenvalue weighted by atomic mass is 32.1. The van der Waals surface area contributed by atoms with Crippen molar-refractivity contribution in [1.29, 1.82) is 0 Å². The average Bonchev–Trinajstić information content (AvgIpc) is 3.81. The maximum atomic E-state index is 5.27. The van der Waals surface area contributed by atoms with Crippen LogP contribution in [0, 0.1) is 0 Å². The minimum atomic E-state index is 0.552. The molecule has 0 N–H and O–H groups in total. The molecule has 7 aromatic carbocycles. The van der Waals surface area contributed by atoms with Crippen LogP contribution < -0.4 is 0 Å². The van der Waals surface area contributed by atoms with Gasteiger partial charge in [0.25, 0.3) is 0 Å². The van der Waals surface area contributed by atoms with Crippen LogP contribution in [-0.2, 0) is 0 Å². The van der Waals surface area contributed by atoms with Gasteiger partial charge in [-0.05, 0) is 29.3 Å². The normalized spacial score (nSPS) is 11.6. The molecule has 0 saturated heterocycles. The summed E-state index contributed by atoms with van der Waals surface area (Å²) in [5, 5.41) is 3.30. The summed E-state index contributed by atoms with van der Waals surface area (Å²) in [5.41, 5.74) is 10.0. The molecule has 0 fully saturated rings. The molecule has 0 saturated carbocycles. The topological polar surface area (TPSA) is 69.4 Å². The number of rotatable bonds is 6. The predicted octanol–water partition coefficient (Wildman–Crippen LogP) is 12.5. The molecule has 4 aromatic heterocycles. The molecular formula is C49H30N6S. The van der Waals surface area contributed by atoms with Crippen LogP contribution in [-0.4, -0.2) is 29.5 Å². The van der Waals surface area contributed by atoms with E-state index in [9.17, 15) is 0 Å². The molecule has 0 unspecified atom stereocenters. The Kier molecular flexibility index (Phi) is 7.57. The van der Waals surface area contributed by atoms with Crippen molar-refractivity contribution in [1.82, 2.24) is 29.5 Å². The van der Waals surface area contributed by atoms with Gasteiger partial charge in [0.2, 0.25) is 5.95 Å². The van der Waals surface area contributed by atoms with Crippen LogP contribution >= 0.6 is 11.3 Å². The van der Waals surface area contributed by atoms with Gasteiger partial charge in [0.1, 0.15) is 0 Å². The van der Waals surface area contributed by atoms with Gasteiger partial charge in [0.15, 0.2) is 17.5 Å². The molecule has 0 aliphatic carbocycles. The Hall–Kier alpha value is -7.35. The highest BCUT2D eigenvalue weighted by molar-refractivity contribution is 7.26. The Bertz CT molecular complexity index is 3210. The largest absolute Gasteiger partial charge is 0.278 e. The fourth-order valence-corrected chi connectivity index (χ4v) is 8.76. The van der Waals surface area contributed by atoms with E-state index in [1.54, 1.807) is 11.3 Å². The summed E-state index contributed by atoms with van der Waals surface area (Å²) in [5.74, 6) is 2.47. The fourth-order valence-electron chi connectivity index (χ4n) is 7.58. The molecule has 0 atom stereocenters. The first-order valence-electron chi connectivity index (χ1n) is 18.5. The van der Waals surface area contributed by atoms with E-state index in [0.29, 0.717) is 23.4 Å². The zero-order valence-electron chi connectivity index (χ0n) is 29.9. The molecule has 0 amide bonds.